The molecule has 0 bridgehead atoms. The van der Waals surface area contributed by atoms with E-state index < -0.39 is 0 Å². The number of carbonyl (C=O) groups excluding carboxylic acids is 1. The highest BCUT2D eigenvalue weighted by molar-refractivity contribution is 6.30. The molecule has 0 N–H and O–H groups in total. The van der Waals surface area contributed by atoms with E-state index in [1.165, 1.54) is 11.1 Å². The van der Waals surface area contributed by atoms with Crippen LogP contribution in [0.4, 0.5) is 0 Å². The highest BCUT2D eigenvalue weighted by Gasteiger charge is 2.29. The number of halogens is 1. The molecule has 1 aliphatic heterocycles. The molecule has 130 valence electrons. The van der Waals surface area contributed by atoms with Gasteiger partial charge in [0, 0.05) is 44.6 Å². The van der Waals surface area contributed by atoms with Crippen molar-refractivity contribution in [2.75, 3.05) is 26.2 Å². The van der Waals surface area contributed by atoms with Gasteiger partial charge in [-0.25, -0.2) is 0 Å². The maximum atomic E-state index is 12.7. The van der Waals surface area contributed by atoms with Crippen molar-refractivity contribution in [3.63, 3.8) is 0 Å². The van der Waals surface area contributed by atoms with E-state index in [1.54, 1.807) is 18.5 Å². The molecule has 1 aromatic heterocycles. The van der Waals surface area contributed by atoms with E-state index in [-0.39, 0.29) is 5.91 Å². The van der Waals surface area contributed by atoms with E-state index in [0.29, 0.717) is 16.6 Å². The van der Waals surface area contributed by atoms with Gasteiger partial charge in [-0.15, -0.1) is 0 Å². The van der Waals surface area contributed by atoms with Gasteiger partial charge in [0.05, 0.1) is 10.6 Å². The molecule has 5 heteroatoms. The fraction of sp³-hybridized carbons (Fsp3) is 0.400. The van der Waals surface area contributed by atoms with Crippen molar-refractivity contribution in [2.24, 2.45) is 0 Å². The number of nitrogens with zero attached hydrogens (tertiary/aromatic N) is 3. The van der Waals surface area contributed by atoms with Crippen LogP contribution >= 0.6 is 11.6 Å². The molecule has 1 aromatic carbocycles. The Balaban J connectivity index is 1.40. The molecule has 1 saturated heterocycles. The lowest BCUT2D eigenvalue weighted by atomic mass is 10.1. The largest absolute Gasteiger partial charge is 0.337 e. The molecule has 0 spiro atoms. The van der Waals surface area contributed by atoms with Gasteiger partial charge in [-0.2, -0.15) is 0 Å². The second-order valence-electron chi connectivity index (χ2n) is 6.90. The number of hydrogen-bond donors (Lipinski definition) is 0. The maximum Gasteiger partial charge on any atom is 0.255 e. The Hall–Kier alpha value is -1.91. The fourth-order valence-electron chi connectivity index (χ4n) is 4.01. The van der Waals surface area contributed by atoms with E-state index in [0.717, 1.165) is 45.4 Å². The monoisotopic (exact) mass is 355 g/mol. The molecule has 0 radical (unpaired) electrons. The molecule has 0 atom stereocenters. The summed E-state index contributed by atoms with van der Waals surface area (Å²) < 4.78 is 0. The van der Waals surface area contributed by atoms with Gasteiger partial charge < -0.3 is 4.90 Å². The minimum Gasteiger partial charge on any atom is -0.337 e. The zero-order chi connectivity index (χ0) is 17.2. The van der Waals surface area contributed by atoms with Crippen LogP contribution in [0.15, 0.2) is 42.7 Å². The van der Waals surface area contributed by atoms with Gasteiger partial charge >= 0.3 is 0 Å². The zero-order valence-electron chi connectivity index (χ0n) is 14.2. The third kappa shape index (κ3) is 3.55. The molecule has 1 aliphatic carbocycles. The lowest BCUT2D eigenvalue weighted by Crippen LogP contribution is -2.40. The number of aromatic nitrogens is 1. The Morgan fingerprint density at radius 1 is 1.04 bits per heavy atom. The van der Waals surface area contributed by atoms with Crippen LogP contribution in [0.5, 0.6) is 0 Å². The van der Waals surface area contributed by atoms with Gasteiger partial charge in [0.25, 0.3) is 5.91 Å². The number of rotatable bonds is 2. The van der Waals surface area contributed by atoms with Crippen LogP contribution < -0.4 is 0 Å². The lowest BCUT2D eigenvalue weighted by Gasteiger charge is -2.27. The first-order chi connectivity index (χ1) is 12.2. The number of amides is 1. The standard InChI is InChI=1S/C20H22ClN3O/c21-18-10-17(13-22-14-18)20(25)24-7-3-6-23(8-9-24)19-11-15-4-1-2-5-16(15)12-19/h1-2,4-5,10,13-14,19H,3,6-9,11-12H2. The van der Waals surface area contributed by atoms with Crippen LogP contribution in [0.1, 0.15) is 27.9 Å². The lowest BCUT2D eigenvalue weighted by molar-refractivity contribution is 0.0758. The molecule has 1 fully saturated rings. The molecule has 1 amide bonds. The molecular weight excluding hydrogens is 334 g/mol. The number of pyridine rings is 1. The van der Waals surface area contributed by atoms with Crippen molar-refractivity contribution >= 4 is 17.5 Å². The van der Waals surface area contributed by atoms with Crippen LogP contribution in [-0.4, -0.2) is 52.9 Å². The van der Waals surface area contributed by atoms with Gasteiger partial charge in [-0.05, 0) is 36.5 Å². The topological polar surface area (TPSA) is 36.4 Å². The van der Waals surface area contributed by atoms with E-state index in [9.17, 15) is 4.79 Å². The van der Waals surface area contributed by atoms with Crippen LogP contribution in [0.2, 0.25) is 5.02 Å². The number of fused-ring (bicyclic) bond motifs is 1. The zero-order valence-corrected chi connectivity index (χ0v) is 15.0. The summed E-state index contributed by atoms with van der Waals surface area (Å²) in [6.45, 7) is 3.54. The van der Waals surface area contributed by atoms with Gasteiger partial charge in [0.1, 0.15) is 0 Å². The average Bonchev–Trinajstić information content (AvgIpc) is 2.90. The first kappa shape index (κ1) is 16.6. The summed E-state index contributed by atoms with van der Waals surface area (Å²) in [6, 6.07) is 11.0. The Labute approximate surface area is 153 Å². The SMILES string of the molecule is O=C(c1cncc(Cl)c1)N1CCCN(C2Cc3ccccc3C2)CC1. The molecule has 4 nitrogen and oxygen atoms in total. The molecule has 2 heterocycles. The Kier molecular flexibility index (Phi) is 4.73. The molecule has 4 rings (SSSR count). The van der Waals surface area contributed by atoms with Crippen molar-refractivity contribution in [3.05, 3.63) is 64.4 Å². The summed E-state index contributed by atoms with van der Waals surface area (Å²) in [7, 11) is 0. The van der Waals surface area contributed by atoms with Crippen molar-refractivity contribution < 1.29 is 4.79 Å². The van der Waals surface area contributed by atoms with Crippen molar-refractivity contribution in [1.82, 2.24) is 14.8 Å². The molecule has 2 aromatic rings. The van der Waals surface area contributed by atoms with Crippen molar-refractivity contribution in [1.29, 1.82) is 0 Å². The quantitative estimate of drug-likeness (QED) is 0.830. The summed E-state index contributed by atoms with van der Waals surface area (Å²) in [5.74, 6) is 0.0339. The van der Waals surface area contributed by atoms with Gasteiger partial charge in [0.15, 0.2) is 0 Å². The van der Waals surface area contributed by atoms with Crippen molar-refractivity contribution in [2.45, 2.75) is 25.3 Å². The minimum atomic E-state index is 0.0339. The highest BCUT2D eigenvalue weighted by Crippen LogP contribution is 2.26. The fourth-order valence-corrected chi connectivity index (χ4v) is 4.18. The Morgan fingerprint density at radius 3 is 2.52 bits per heavy atom. The predicted molar refractivity (Wildman–Crippen MR) is 99.0 cm³/mol. The molecule has 25 heavy (non-hydrogen) atoms. The summed E-state index contributed by atoms with van der Waals surface area (Å²) in [5.41, 5.74) is 3.54. The molecule has 0 saturated carbocycles. The first-order valence-electron chi connectivity index (χ1n) is 8.91. The van der Waals surface area contributed by atoms with E-state index in [2.05, 4.69) is 34.1 Å². The molecule has 2 aliphatic rings. The average molecular weight is 356 g/mol. The Bertz CT molecular complexity index is 754. The number of carbonyl (C=O) groups is 1. The van der Waals surface area contributed by atoms with Crippen LogP contribution in [0, 0.1) is 0 Å². The Morgan fingerprint density at radius 2 is 1.80 bits per heavy atom. The van der Waals surface area contributed by atoms with E-state index in [4.69, 9.17) is 11.6 Å². The second kappa shape index (κ2) is 7.14. The normalized spacial score (nSPS) is 18.8. The third-order valence-electron chi connectivity index (χ3n) is 5.32. The maximum absolute atomic E-state index is 12.7. The molecule has 0 unspecified atom stereocenters. The van der Waals surface area contributed by atoms with Gasteiger partial charge in [-0.3, -0.25) is 14.7 Å². The molecular formula is C20H22ClN3O. The number of hydrogen-bond acceptors (Lipinski definition) is 3. The smallest absolute Gasteiger partial charge is 0.255 e. The first-order valence-corrected chi connectivity index (χ1v) is 9.29. The highest BCUT2D eigenvalue weighted by atomic mass is 35.5. The van der Waals surface area contributed by atoms with Crippen LogP contribution in [0.3, 0.4) is 0 Å². The minimum absolute atomic E-state index is 0.0339. The summed E-state index contributed by atoms with van der Waals surface area (Å²) >= 11 is 5.97. The third-order valence-corrected chi connectivity index (χ3v) is 5.52. The van der Waals surface area contributed by atoms with Crippen LogP contribution in [-0.2, 0) is 12.8 Å². The van der Waals surface area contributed by atoms with Crippen LogP contribution in [0.25, 0.3) is 0 Å². The summed E-state index contributed by atoms with van der Waals surface area (Å²) in [6.07, 6.45) is 6.42. The van der Waals surface area contributed by atoms with E-state index >= 15 is 0 Å². The number of benzene rings is 1. The summed E-state index contributed by atoms with van der Waals surface area (Å²) in [4.78, 5) is 21.3. The second-order valence-corrected chi connectivity index (χ2v) is 7.34. The van der Waals surface area contributed by atoms with E-state index in [1.807, 2.05) is 4.90 Å². The summed E-state index contributed by atoms with van der Waals surface area (Å²) in [5, 5.41) is 0.506. The van der Waals surface area contributed by atoms with Gasteiger partial charge in [-0.1, -0.05) is 35.9 Å². The van der Waals surface area contributed by atoms with Crippen molar-refractivity contribution in [3.8, 4) is 0 Å². The van der Waals surface area contributed by atoms with Gasteiger partial charge in [0.2, 0.25) is 0 Å². The predicted octanol–water partition coefficient (Wildman–Crippen LogP) is 3.05.